The first-order valence-electron chi connectivity index (χ1n) is 6.74. The number of morpholine rings is 1. The highest BCUT2D eigenvalue weighted by Crippen LogP contribution is 2.06. The minimum Gasteiger partial charge on any atom is -0.374 e. The SMILES string of the molecule is CCC#CCN1CCOC(CN(C)CCC)C1. The van der Waals surface area contributed by atoms with Crippen LogP contribution < -0.4 is 0 Å². The summed E-state index contributed by atoms with van der Waals surface area (Å²) in [6.07, 6.45) is 2.51. The molecule has 17 heavy (non-hydrogen) atoms. The topological polar surface area (TPSA) is 15.7 Å². The summed E-state index contributed by atoms with van der Waals surface area (Å²) < 4.78 is 5.80. The molecular formula is C14H26N2O. The Kier molecular flexibility index (Phi) is 7.27. The lowest BCUT2D eigenvalue weighted by molar-refractivity contribution is -0.0363. The van der Waals surface area contributed by atoms with E-state index in [1.54, 1.807) is 0 Å². The van der Waals surface area contributed by atoms with Gasteiger partial charge in [-0.1, -0.05) is 19.8 Å². The molecule has 0 radical (unpaired) electrons. The summed E-state index contributed by atoms with van der Waals surface area (Å²) in [5.41, 5.74) is 0. The van der Waals surface area contributed by atoms with Crippen LogP contribution in [0.5, 0.6) is 0 Å². The highest BCUT2D eigenvalue weighted by atomic mass is 16.5. The molecular weight excluding hydrogens is 212 g/mol. The van der Waals surface area contributed by atoms with Gasteiger partial charge in [0, 0.05) is 26.1 Å². The van der Waals surface area contributed by atoms with E-state index in [4.69, 9.17) is 4.74 Å². The Balaban J connectivity index is 2.28. The van der Waals surface area contributed by atoms with Crippen LogP contribution in [0.4, 0.5) is 0 Å². The van der Waals surface area contributed by atoms with Crippen molar-refractivity contribution < 1.29 is 4.74 Å². The highest BCUT2D eigenvalue weighted by Gasteiger charge is 2.20. The Morgan fingerprint density at radius 3 is 2.88 bits per heavy atom. The lowest BCUT2D eigenvalue weighted by atomic mass is 10.2. The fraction of sp³-hybridized carbons (Fsp3) is 0.857. The number of nitrogens with zero attached hydrogens (tertiary/aromatic N) is 2. The predicted octanol–water partition coefficient (Wildman–Crippen LogP) is 1.44. The van der Waals surface area contributed by atoms with Crippen molar-refractivity contribution in [3.63, 3.8) is 0 Å². The van der Waals surface area contributed by atoms with Gasteiger partial charge in [0.25, 0.3) is 0 Å². The van der Waals surface area contributed by atoms with E-state index in [1.807, 2.05) is 0 Å². The lowest BCUT2D eigenvalue weighted by Crippen LogP contribution is -2.47. The van der Waals surface area contributed by atoms with Crippen molar-refractivity contribution in [1.82, 2.24) is 9.80 Å². The smallest absolute Gasteiger partial charge is 0.0829 e. The van der Waals surface area contributed by atoms with E-state index in [2.05, 4.69) is 42.5 Å². The quantitative estimate of drug-likeness (QED) is 0.674. The maximum atomic E-state index is 5.80. The average Bonchev–Trinajstić information content (AvgIpc) is 2.30. The zero-order valence-corrected chi connectivity index (χ0v) is 11.5. The molecule has 1 heterocycles. The first-order chi connectivity index (χ1) is 8.26. The van der Waals surface area contributed by atoms with Crippen LogP contribution in [0, 0.1) is 11.8 Å². The Bertz CT molecular complexity index is 257. The molecule has 0 aromatic heterocycles. The summed E-state index contributed by atoms with van der Waals surface area (Å²) in [6, 6.07) is 0. The van der Waals surface area contributed by atoms with Crippen LogP contribution in [-0.2, 0) is 4.74 Å². The van der Waals surface area contributed by atoms with E-state index in [0.29, 0.717) is 6.10 Å². The molecule has 1 fully saturated rings. The first kappa shape index (κ1) is 14.5. The fourth-order valence-corrected chi connectivity index (χ4v) is 2.15. The highest BCUT2D eigenvalue weighted by molar-refractivity contribution is 5.00. The van der Waals surface area contributed by atoms with Crippen molar-refractivity contribution in [1.29, 1.82) is 0 Å². The van der Waals surface area contributed by atoms with Crippen LogP contribution in [0.25, 0.3) is 0 Å². The molecule has 1 rings (SSSR count). The fourth-order valence-electron chi connectivity index (χ4n) is 2.15. The molecule has 0 bridgehead atoms. The van der Waals surface area contributed by atoms with Crippen molar-refractivity contribution in [3.8, 4) is 11.8 Å². The molecule has 1 unspecified atom stereocenters. The molecule has 0 saturated carbocycles. The van der Waals surface area contributed by atoms with Crippen LogP contribution >= 0.6 is 0 Å². The number of ether oxygens (including phenoxy) is 1. The van der Waals surface area contributed by atoms with Gasteiger partial charge < -0.3 is 9.64 Å². The van der Waals surface area contributed by atoms with Gasteiger partial charge in [-0.25, -0.2) is 0 Å². The van der Waals surface area contributed by atoms with Gasteiger partial charge in [-0.05, 0) is 20.0 Å². The van der Waals surface area contributed by atoms with Crippen molar-refractivity contribution in [3.05, 3.63) is 0 Å². The van der Waals surface area contributed by atoms with Crippen molar-refractivity contribution in [2.75, 3.05) is 46.4 Å². The maximum absolute atomic E-state index is 5.80. The minimum absolute atomic E-state index is 0.351. The van der Waals surface area contributed by atoms with E-state index in [1.165, 1.54) is 6.42 Å². The Hall–Kier alpha value is -0.560. The summed E-state index contributed by atoms with van der Waals surface area (Å²) in [5.74, 6) is 6.34. The second-order valence-electron chi connectivity index (χ2n) is 4.70. The molecule has 0 amide bonds. The second-order valence-corrected chi connectivity index (χ2v) is 4.70. The third kappa shape index (κ3) is 6.07. The third-order valence-corrected chi connectivity index (χ3v) is 2.95. The minimum atomic E-state index is 0.351. The molecule has 1 saturated heterocycles. The van der Waals surface area contributed by atoms with Gasteiger partial charge in [-0.2, -0.15) is 0 Å². The van der Waals surface area contributed by atoms with Crippen LogP contribution in [0.1, 0.15) is 26.7 Å². The molecule has 0 aromatic rings. The Morgan fingerprint density at radius 1 is 1.35 bits per heavy atom. The van der Waals surface area contributed by atoms with Crippen molar-refractivity contribution >= 4 is 0 Å². The molecule has 3 heteroatoms. The van der Waals surface area contributed by atoms with Crippen molar-refractivity contribution in [2.45, 2.75) is 32.8 Å². The zero-order chi connectivity index (χ0) is 12.5. The first-order valence-corrected chi connectivity index (χ1v) is 6.74. The van der Waals surface area contributed by atoms with Gasteiger partial charge in [0.05, 0.1) is 19.3 Å². The van der Waals surface area contributed by atoms with Gasteiger partial charge in [0.15, 0.2) is 0 Å². The van der Waals surface area contributed by atoms with Crippen LogP contribution in [-0.4, -0.2) is 62.3 Å². The summed E-state index contributed by atoms with van der Waals surface area (Å²) >= 11 is 0. The van der Waals surface area contributed by atoms with E-state index >= 15 is 0 Å². The molecule has 0 aromatic carbocycles. The Morgan fingerprint density at radius 2 is 2.18 bits per heavy atom. The number of likely N-dealkylation sites (N-methyl/N-ethyl adjacent to an activating group) is 1. The lowest BCUT2D eigenvalue weighted by Gasteiger charge is -2.33. The average molecular weight is 238 g/mol. The van der Waals surface area contributed by atoms with Gasteiger partial charge in [0.1, 0.15) is 0 Å². The monoisotopic (exact) mass is 238 g/mol. The molecule has 0 N–H and O–H groups in total. The summed E-state index contributed by atoms with van der Waals surface area (Å²) in [5, 5.41) is 0. The molecule has 98 valence electrons. The number of hydrogen-bond acceptors (Lipinski definition) is 3. The van der Waals surface area contributed by atoms with Gasteiger partial charge in [-0.3, -0.25) is 4.90 Å². The van der Waals surface area contributed by atoms with E-state index in [-0.39, 0.29) is 0 Å². The van der Waals surface area contributed by atoms with Crippen molar-refractivity contribution in [2.24, 2.45) is 0 Å². The van der Waals surface area contributed by atoms with E-state index in [0.717, 1.165) is 45.8 Å². The maximum Gasteiger partial charge on any atom is 0.0829 e. The molecule has 1 aliphatic rings. The van der Waals surface area contributed by atoms with E-state index < -0.39 is 0 Å². The summed E-state index contributed by atoms with van der Waals surface area (Å²) in [4.78, 5) is 4.75. The number of rotatable bonds is 5. The molecule has 3 nitrogen and oxygen atoms in total. The van der Waals surface area contributed by atoms with Gasteiger partial charge >= 0.3 is 0 Å². The largest absolute Gasteiger partial charge is 0.374 e. The molecule has 1 atom stereocenters. The second kappa shape index (κ2) is 8.52. The van der Waals surface area contributed by atoms with Crippen LogP contribution in [0.15, 0.2) is 0 Å². The molecule has 1 aliphatic heterocycles. The zero-order valence-electron chi connectivity index (χ0n) is 11.5. The number of hydrogen-bond donors (Lipinski definition) is 0. The standard InChI is InChI=1S/C14H26N2O/c1-4-6-7-9-16-10-11-17-14(13-16)12-15(3)8-5-2/h14H,4-5,8-13H2,1-3H3. The predicted molar refractivity (Wildman–Crippen MR) is 72.0 cm³/mol. The Labute approximate surface area is 106 Å². The summed E-state index contributed by atoms with van der Waals surface area (Å²) in [6.45, 7) is 10.3. The molecule has 0 spiro atoms. The normalized spacial score (nSPS) is 21.3. The van der Waals surface area contributed by atoms with Crippen LogP contribution in [0.3, 0.4) is 0 Å². The van der Waals surface area contributed by atoms with E-state index in [9.17, 15) is 0 Å². The van der Waals surface area contributed by atoms with Crippen LogP contribution in [0.2, 0.25) is 0 Å². The van der Waals surface area contributed by atoms with Gasteiger partial charge in [0.2, 0.25) is 0 Å². The molecule has 0 aliphatic carbocycles. The summed E-state index contributed by atoms with van der Waals surface area (Å²) in [7, 11) is 2.17. The third-order valence-electron chi connectivity index (χ3n) is 2.95. The van der Waals surface area contributed by atoms with Gasteiger partial charge in [-0.15, -0.1) is 5.92 Å².